The molecule has 2 aliphatic heterocycles. The summed E-state index contributed by atoms with van der Waals surface area (Å²) in [6.07, 6.45) is 1.43. The molecule has 2 atom stereocenters. The van der Waals surface area contributed by atoms with Crippen molar-refractivity contribution >= 4 is 11.8 Å². The van der Waals surface area contributed by atoms with E-state index in [4.69, 9.17) is 14.2 Å². The fourth-order valence-corrected chi connectivity index (χ4v) is 3.70. The maximum atomic E-state index is 6.23. The summed E-state index contributed by atoms with van der Waals surface area (Å²) in [6.45, 7) is 2.47. The molecule has 3 rings (SSSR count). The predicted octanol–water partition coefficient (Wildman–Crippen LogP) is 2.24. The quantitative estimate of drug-likeness (QED) is 0.922. The van der Waals surface area contributed by atoms with Crippen LogP contribution in [0.3, 0.4) is 0 Å². The Kier molecular flexibility index (Phi) is 4.70. The van der Waals surface area contributed by atoms with Crippen molar-refractivity contribution in [3.63, 3.8) is 0 Å². The molecule has 1 aromatic carbocycles. The van der Waals surface area contributed by atoms with Crippen molar-refractivity contribution in [3.8, 4) is 11.5 Å². The van der Waals surface area contributed by atoms with Gasteiger partial charge in [-0.1, -0.05) is 12.1 Å². The van der Waals surface area contributed by atoms with E-state index in [-0.39, 0.29) is 12.2 Å². The number of morpholine rings is 1. The summed E-state index contributed by atoms with van der Waals surface area (Å²) in [5.41, 5.74) is 1.09. The maximum Gasteiger partial charge on any atom is 0.167 e. The number of para-hydroxylation sites is 1. The first-order chi connectivity index (χ1) is 9.88. The molecule has 2 fully saturated rings. The molecule has 1 aromatic rings. The lowest BCUT2D eigenvalue weighted by atomic mass is 10.1. The number of methoxy groups -OCH3 is 1. The van der Waals surface area contributed by atoms with Crippen LogP contribution in [0, 0.1) is 0 Å². The summed E-state index contributed by atoms with van der Waals surface area (Å²) < 4.78 is 17.6. The Balaban J connectivity index is 1.86. The van der Waals surface area contributed by atoms with E-state index in [0.717, 1.165) is 48.9 Å². The molecule has 2 heterocycles. The molecule has 0 spiro atoms. The van der Waals surface area contributed by atoms with E-state index in [2.05, 4.69) is 11.4 Å². The van der Waals surface area contributed by atoms with Crippen molar-refractivity contribution in [2.75, 3.05) is 38.3 Å². The van der Waals surface area contributed by atoms with Crippen molar-refractivity contribution < 1.29 is 14.2 Å². The number of hydrogen-bond acceptors (Lipinski definition) is 5. The van der Waals surface area contributed by atoms with Crippen LogP contribution in [-0.4, -0.2) is 44.4 Å². The van der Waals surface area contributed by atoms with Crippen molar-refractivity contribution in [2.45, 2.75) is 18.6 Å². The van der Waals surface area contributed by atoms with Crippen LogP contribution < -0.4 is 14.8 Å². The Hall–Kier alpha value is -0.910. The molecule has 1 N–H and O–H groups in total. The van der Waals surface area contributed by atoms with E-state index in [1.165, 1.54) is 5.75 Å². The molecule has 0 bridgehead atoms. The molecule has 0 radical (unpaired) electrons. The average Bonchev–Trinajstić information content (AvgIpc) is 3.01. The zero-order valence-corrected chi connectivity index (χ0v) is 12.6. The van der Waals surface area contributed by atoms with Gasteiger partial charge in [0, 0.05) is 24.4 Å². The van der Waals surface area contributed by atoms with Crippen LogP contribution in [0.4, 0.5) is 0 Å². The number of benzene rings is 1. The van der Waals surface area contributed by atoms with Crippen LogP contribution in [0.2, 0.25) is 0 Å². The first-order valence-electron chi connectivity index (χ1n) is 7.12. The lowest BCUT2D eigenvalue weighted by molar-refractivity contribution is 0.0249. The van der Waals surface area contributed by atoms with Gasteiger partial charge in [-0.25, -0.2) is 0 Å². The van der Waals surface area contributed by atoms with Crippen molar-refractivity contribution in [3.05, 3.63) is 23.8 Å². The number of thioether (sulfide) groups is 1. The van der Waals surface area contributed by atoms with Crippen molar-refractivity contribution in [1.29, 1.82) is 0 Å². The van der Waals surface area contributed by atoms with Gasteiger partial charge in [0.1, 0.15) is 6.10 Å². The van der Waals surface area contributed by atoms with Crippen LogP contribution in [0.5, 0.6) is 11.5 Å². The van der Waals surface area contributed by atoms with Crippen LogP contribution >= 0.6 is 11.8 Å². The summed E-state index contributed by atoms with van der Waals surface area (Å²) >= 11 is 1.95. The fourth-order valence-electron chi connectivity index (χ4n) is 2.61. The third-order valence-electron chi connectivity index (χ3n) is 3.68. The van der Waals surface area contributed by atoms with E-state index < -0.39 is 0 Å². The molecule has 2 unspecified atom stereocenters. The van der Waals surface area contributed by atoms with Gasteiger partial charge in [-0.2, -0.15) is 11.8 Å². The molecule has 4 nitrogen and oxygen atoms in total. The Morgan fingerprint density at radius 3 is 3.05 bits per heavy atom. The minimum atomic E-state index is 0.0444. The second-order valence-electron chi connectivity index (χ2n) is 5.05. The van der Waals surface area contributed by atoms with Gasteiger partial charge < -0.3 is 19.5 Å². The van der Waals surface area contributed by atoms with Gasteiger partial charge in [-0.15, -0.1) is 0 Å². The number of nitrogens with one attached hydrogen (secondary N) is 1. The molecular formula is C15H21NO3S. The highest BCUT2D eigenvalue weighted by molar-refractivity contribution is 7.99. The van der Waals surface area contributed by atoms with Gasteiger partial charge in [0.2, 0.25) is 0 Å². The molecular weight excluding hydrogens is 274 g/mol. The summed E-state index contributed by atoms with van der Waals surface area (Å²) in [5.74, 6) is 3.89. The molecule has 2 saturated heterocycles. The molecule has 0 amide bonds. The zero-order valence-electron chi connectivity index (χ0n) is 11.8. The third-order valence-corrected chi connectivity index (χ3v) is 4.81. The van der Waals surface area contributed by atoms with Crippen molar-refractivity contribution in [2.24, 2.45) is 0 Å². The van der Waals surface area contributed by atoms with Gasteiger partial charge in [-0.05, 0) is 18.2 Å². The second-order valence-corrected chi connectivity index (χ2v) is 6.20. The standard InChI is InChI=1S/C15H21NO3S/c1-17-13-4-2-3-12(14-9-16-6-7-18-14)15(13)19-11-5-8-20-10-11/h2-4,11,14,16H,5-10H2,1H3. The largest absolute Gasteiger partial charge is 0.493 e. The molecule has 0 aromatic heterocycles. The van der Waals surface area contributed by atoms with E-state index in [0.29, 0.717) is 0 Å². The molecule has 20 heavy (non-hydrogen) atoms. The summed E-state index contributed by atoms with van der Waals surface area (Å²) in [7, 11) is 1.69. The highest BCUT2D eigenvalue weighted by atomic mass is 32.2. The van der Waals surface area contributed by atoms with Gasteiger partial charge in [0.05, 0.1) is 19.8 Å². The van der Waals surface area contributed by atoms with E-state index in [1.807, 2.05) is 23.9 Å². The Labute approximate surface area is 124 Å². The van der Waals surface area contributed by atoms with Crippen LogP contribution in [0.15, 0.2) is 18.2 Å². The van der Waals surface area contributed by atoms with Gasteiger partial charge in [-0.3, -0.25) is 0 Å². The molecule has 2 aliphatic rings. The number of hydrogen-bond donors (Lipinski definition) is 1. The van der Waals surface area contributed by atoms with E-state index in [9.17, 15) is 0 Å². The minimum Gasteiger partial charge on any atom is -0.493 e. The topological polar surface area (TPSA) is 39.7 Å². The van der Waals surface area contributed by atoms with Gasteiger partial charge in [0.25, 0.3) is 0 Å². The van der Waals surface area contributed by atoms with Crippen LogP contribution in [0.25, 0.3) is 0 Å². The zero-order chi connectivity index (χ0) is 13.8. The summed E-state index contributed by atoms with van der Waals surface area (Å²) in [6, 6.07) is 6.04. The maximum absolute atomic E-state index is 6.23. The predicted molar refractivity (Wildman–Crippen MR) is 80.9 cm³/mol. The lowest BCUT2D eigenvalue weighted by Gasteiger charge is -2.27. The van der Waals surface area contributed by atoms with Gasteiger partial charge >= 0.3 is 0 Å². The monoisotopic (exact) mass is 295 g/mol. The average molecular weight is 295 g/mol. The Morgan fingerprint density at radius 1 is 1.40 bits per heavy atom. The fraction of sp³-hybridized carbons (Fsp3) is 0.600. The van der Waals surface area contributed by atoms with Crippen LogP contribution in [0.1, 0.15) is 18.1 Å². The second kappa shape index (κ2) is 6.70. The molecule has 5 heteroatoms. The Morgan fingerprint density at radius 2 is 2.35 bits per heavy atom. The molecule has 110 valence electrons. The molecule has 0 aliphatic carbocycles. The smallest absolute Gasteiger partial charge is 0.167 e. The first kappa shape index (κ1) is 14.0. The number of ether oxygens (including phenoxy) is 3. The normalized spacial score (nSPS) is 26.4. The Bertz CT molecular complexity index is 443. The SMILES string of the molecule is COc1cccc(C2CNCCO2)c1OC1CCSC1. The summed E-state index contributed by atoms with van der Waals surface area (Å²) in [5, 5.41) is 3.37. The van der Waals surface area contributed by atoms with E-state index in [1.54, 1.807) is 7.11 Å². The van der Waals surface area contributed by atoms with Gasteiger partial charge in [0.15, 0.2) is 11.5 Å². The van der Waals surface area contributed by atoms with Crippen molar-refractivity contribution in [1.82, 2.24) is 5.32 Å². The first-order valence-corrected chi connectivity index (χ1v) is 8.27. The van der Waals surface area contributed by atoms with E-state index >= 15 is 0 Å². The minimum absolute atomic E-state index is 0.0444. The summed E-state index contributed by atoms with van der Waals surface area (Å²) in [4.78, 5) is 0. The third kappa shape index (κ3) is 3.05. The lowest BCUT2D eigenvalue weighted by Crippen LogP contribution is -2.33. The highest BCUT2D eigenvalue weighted by Gasteiger charge is 2.25. The highest BCUT2D eigenvalue weighted by Crippen LogP contribution is 2.38. The number of rotatable bonds is 4. The van der Waals surface area contributed by atoms with Crippen LogP contribution in [-0.2, 0) is 4.74 Å². The molecule has 0 saturated carbocycles.